The zero-order chi connectivity index (χ0) is 15.8. The van der Waals surface area contributed by atoms with Gasteiger partial charge >= 0.3 is 0 Å². The molecule has 116 valence electrons. The highest BCUT2D eigenvalue weighted by atomic mass is 35.7. The van der Waals surface area contributed by atoms with Crippen LogP contribution in [0.3, 0.4) is 0 Å². The van der Waals surface area contributed by atoms with Gasteiger partial charge in [-0.15, -0.1) is 0 Å². The van der Waals surface area contributed by atoms with E-state index in [4.69, 9.17) is 15.4 Å². The van der Waals surface area contributed by atoms with Crippen LogP contribution in [0, 0.1) is 13.8 Å². The Morgan fingerprint density at radius 2 is 2.05 bits per heavy atom. The van der Waals surface area contributed by atoms with E-state index in [0.717, 1.165) is 17.5 Å². The molecule has 1 aliphatic rings. The molecule has 1 saturated heterocycles. The maximum atomic E-state index is 12.6. The molecule has 0 bridgehead atoms. The van der Waals surface area contributed by atoms with Crippen LogP contribution in [0.25, 0.3) is 0 Å². The van der Waals surface area contributed by atoms with E-state index in [9.17, 15) is 13.2 Å². The van der Waals surface area contributed by atoms with Crippen molar-refractivity contribution in [2.75, 3.05) is 20.3 Å². The highest BCUT2D eigenvalue weighted by Gasteiger charge is 2.27. The molecule has 1 aromatic carbocycles. The van der Waals surface area contributed by atoms with Gasteiger partial charge in [-0.1, -0.05) is 0 Å². The predicted octanol–water partition coefficient (Wildman–Crippen LogP) is 2.09. The minimum atomic E-state index is -3.87. The summed E-state index contributed by atoms with van der Waals surface area (Å²) in [6.45, 7) is 4.70. The third kappa shape index (κ3) is 3.39. The smallest absolute Gasteiger partial charge is 0.261 e. The minimum absolute atomic E-state index is 0.0217. The van der Waals surface area contributed by atoms with Gasteiger partial charge in [0, 0.05) is 29.9 Å². The molecule has 0 radical (unpaired) electrons. The summed E-state index contributed by atoms with van der Waals surface area (Å²) >= 11 is 0. The van der Waals surface area contributed by atoms with Gasteiger partial charge in [-0.25, -0.2) is 8.42 Å². The fraction of sp³-hybridized carbons (Fsp3) is 0.500. The lowest BCUT2D eigenvalue weighted by molar-refractivity contribution is 0.0710. The number of hydrogen-bond donors (Lipinski definition) is 0. The molecule has 0 spiro atoms. The molecule has 0 aliphatic carbocycles. The molecule has 21 heavy (non-hydrogen) atoms. The maximum Gasteiger partial charge on any atom is 0.261 e. The number of amides is 1. The largest absolute Gasteiger partial charge is 0.379 e. The number of carbonyl (C=O) groups is 1. The van der Waals surface area contributed by atoms with Crippen LogP contribution in [0.2, 0.25) is 0 Å². The summed E-state index contributed by atoms with van der Waals surface area (Å²) in [6, 6.07) is 2.85. The third-order valence-corrected chi connectivity index (χ3v) is 5.26. The molecule has 0 saturated carbocycles. The van der Waals surface area contributed by atoms with E-state index in [1.54, 1.807) is 25.8 Å². The first-order valence-corrected chi connectivity index (χ1v) is 8.93. The zero-order valence-corrected chi connectivity index (χ0v) is 13.8. The summed E-state index contributed by atoms with van der Waals surface area (Å²) in [4.78, 5) is 14.2. The number of likely N-dealkylation sites (N-methyl/N-ethyl adjacent to an activating group) is 1. The van der Waals surface area contributed by atoms with Crippen molar-refractivity contribution >= 4 is 25.6 Å². The van der Waals surface area contributed by atoms with Crippen LogP contribution < -0.4 is 0 Å². The van der Waals surface area contributed by atoms with Gasteiger partial charge < -0.3 is 9.64 Å². The number of ether oxygens (including phenoxy) is 1. The van der Waals surface area contributed by atoms with Crippen LogP contribution in [-0.4, -0.2) is 45.5 Å². The number of benzene rings is 1. The second-order valence-electron chi connectivity index (χ2n) is 5.28. The summed E-state index contributed by atoms with van der Waals surface area (Å²) in [5.41, 5.74) is 1.84. The number of rotatable bonds is 3. The predicted molar refractivity (Wildman–Crippen MR) is 80.3 cm³/mol. The van der Waals surface area contributed by atoms with Crippen LogP contribution in [0.5, 0.6) is 0 Å². The van der Waals surface area contributed by atoms with E-state index < -0.39 is 9.05 Å². The number of aryl methyl sites for hydroxylation is 1. The first kappa shape index (κ1) is 16.3. The van der Waals surface area contributed by atoms with E-state index in [0.29, 0.717) is 18.8 Å². The van der Waals surface area contributed by atoms with Crippen molar-refractivity contribution in [2.45, 2.75) is 31.2 Å². The molecule has 1 fully saturated rings. The number of carbonyl (C=O) groups excluding carboxylic acids is 1. The molecule has 1 unspecified atom stereocenters. The fourth-order valence-corrected chi connectivity index (χ4v) is 3.22. The molecule has 1 aliphatic heterocycles. The van der Waals surface area contributed by atoms with E-state index >= 15 is 0 Å². The Bertz CT molecular complexity index is 666. The van der Waals surface area contributed by atoms with Gasteiger partial charge in [-0.2, -0.15) is 0 Å². The van der Waals surface area contributed by atoms with Gasteiger partial charge in [0.2, 0.25) is 0 Å². The molecule has 1 heterocycles. The second kappa shape index (κ2) is 5.94. The Morgan fingerprint density at radius 1 is 1.38 bits per heavy atom. The van der Waals surface area contributed by atoms with Gasteiger partial charge in [0.15, 0.2) is 0 Å². The standard InChI is InChI=1S/C14H18ClNO4S/c1-9-6-12(21(15,18)19)7-13(10(9)2)14(17)16(3)11-4-5-20-8-11/h6-7,11H,4-5,8H2,1-3H3. The van der Waals surface area contributed by atoms with Crippen molar-refractivity contribution in [2.24, 2.45) is 0 Å². The van der Waals surface area contributed by atoms with Crippen molar-refractivity contribution in [1.29, 1.82) is 0 Å². The molecule has 0 N–H and O–H groups in total. The molecular formula is C14H18ClNO4S. The molecule has 0 aromatic heterocycles. The van der Waals surface area contributed by atoms with Gasteiger partial charge in [-0.3, -0.25) is 4.79 Å². The Kier molecular flexibility index (Phi) is 4.60. The summed E-state index contributed by atoms with van der Waals surface area (Å²) < 4.78 is 28.3. The van der Waals surface area contributed by atoms with Gasteiger partial charge in [-0.05, 0) is 43.5 Å². The first-order valence-electron chi connectivity index (χ1n) is 6.62. The van der Waals surface area contributed by atoms with Crippen LogP contribution in [0.1, 0.15) is 27.9 Å². The Morgan fingerprint density at radius 3 is 2.57 bits per heavy atom. The summed E-state index contributed by atoms with van der Waals surface area (Å²) in [5.74, 6) is -0.215. The van der Waals surface area contributed by atoms with Crippen molar-refractivity contribution < 1.29 is 17.9 Å². The molecule has 1 atom stereocenters. The summed E-state index contributed by atoms with van der Waals surface area (Å²) in [7, 11) is 3.23. The van der Waals surface area contributed by atoms with E-state index in [-0.39, 0.29) is 16.8 Å². The van der Waals surface area contributed by atoms with Crippen molar-refractivity contribution in [3.63, 3.8) is 0 Å². The SMILES string of the molecule is Cc1cc(S(=O)(=O)Cl)cc(C(=O)N(C)C2CCOC2)c1C. The molecule has 5 nitrogen and oxygen atoms in total. The molecule has 2 rings (SSSR count). The number of nitrogens with zero attached hydrogens (tertiary/aromatic N) is 1. The maximum absolute atomic E-state index is 12.6. The van der Waals surface area contributed by atoms with Crippen molar-refractivity contribution in [1.82, 2.24) is 4.90 Å². The lowest BCUT2D eigenvalue weighted by Gasteiger charge is -2.24. The minimum Gasteiger partial charge on any atom is -0.379 e. The Hall–Kier alpha value is -1.11. The lowest BCUT2D eigenvalue weighted by Crippen LogP contribution is -2.37. The summed E-state index contributed by atoms with van der Waals surface area (Å²) in [5, 5.41) is 0. The quantitative estimate of drug-likeness (QED) is 0.796. The fourth-order valence-electron chi connectivity index (χ4n) is 2.37. The highest BCUT2D eigenvalue weighted by molar-refractivity contribution is 8.13. The average Bonchev–Trinajstić information content (AvgIpc) is 2.92. The van der Waals surface area contributed by atoms with Crippen molar-refractivity contribution in [3.8, 4) is 0 Å². The monoisotopic (exact) mass is 331 g/mol. The third-order valence-electron chi connectivity index (χ3n) is 3.93. The highest BCUT2D eigenvalue weighted by Crippen LogP contribution is 2.24. The van der Waals surface area contributed by atoms with Crippen LogP contribution in [0.15, 0.2) is 17.0 Å². The first-order chi connectivity index (χ1) is 9.71. The topological polar surface area (TPSA) is 63.7 Å². The lowest BCUT2D eigenvalue weighted by atomic mass is 10.0. The van der Waals surface area contributed by atoms with Gasteiger partial charge in [0.05, 0.1) is 17.5 Å². The number of hydrogen-bond acceptors (Lipinski definition) is 4. The van der Waals surface area contributed by atoms with Crippen LogP contribution in [-0.2, 0) is 13.8 Å². The van der Waals surface area contributed by atoms with Gasteiger partial charge in [0.25, 0.3) is 15.0 Å². The second-order valence-corrected chi connectivity index (χ2v) is 7.85. The van der Waals surface area contributed by atoms with E-state index in [1.165, 1.54) is 12.1 Å². The normalized spacial score (nSPS) is 18.8. The molecular weight excluding hydrogens is 314 g/mol. The van der Waals surface area contributed by atoms with Crippen LogP contribution >= 0.6 is 10.7 Å². The summed E-state index contributed by atoms with van der Waals surface area (Å²) in [6.07, 6.45) is 0.785. The van der Waals surface area contributed by atoms with Crippen molar-refractivity contribution in [3.05, 3.63) is 28.8 Å². The molecule has 7 heteroatoms. The molecule has 1 amide bonds. The van der Waals surface area contributed by atoms with Crippen LogP contribution in [0.4, 0.5) is 0 Å². The zero-order valence-electron chi connectivity index (χ0n) is 12.2. The van der Waals surface area contributed by atoms with E-state index in [1.807, 2.05) is 0 Å². The number of halogens is 1. The molecule has 1 aromatic rings. The Balaban J connectivity index is 2.42. The van der Waals surface area contributed by atoms with Gasteiger partial charge in [0.1, 0.15) is 0 Å². The van der Waals surface area contributed by atoms with E-state index in [2.05, 4.69) is 0 Å². The average molecular weight is 332 g/mol. The Labute approximate surface area is 129 Å².